The summed E-state index contributed by atoms with van der Waals surface area (Å²) in [7, 11) is 0. The lowest BCUT2D eigenvalue weighted by Gasteiger charge is -2.45. The number of hydrogen-bond acceptors (Lipinski definition) is 3. The van der Waals surface area contributed by atoms with Crippen LogP contribution in [0.5, 0.6) is 5.75 Å². The molecule has 1 amide bonds. The average Bonchev–Trinajstić information content (AvgIpc) is 3.01. The van der Waals surface area contributed by atoms with Gasteiger partial charge in [0, 0.05) is 30.1 Å². The molecule has 1 N–H and O–H groups in total. The highest BCUT2D eigenvalue weighted by Crippen LogP contribution is 2.64. The predicted octanol–water partition coefficient (Wildman–Crippen LogP) is 3.87. The maximum absolute atomic E-state index is 13.2. The van der Waals surface area contributed by atoms with Crippen LogP contribution < -0.4 is 15.0 Å². The summed E-state index contributed by atoms with van der Waals surface area (Å²) in [6.45, 7) is 9.26. The number of likely N-dealkylation sites (N-methyl/N-ethyl adjacent to an activating group) is 1. The van der Waals surface area contributed by atoms with Crippen LogP contribution in [-0.4, -0.2) is 24.2 Å². The molecule has 4 heteroatoms. The van der Waals surface area contributed by atoms with Crippen LogP contribution in [0.4, 0.5) is 5.69 Å². The third-order valence-electron chi connectivity index (χ3n) is 6.82. The first-order valence-corrected chi connectivity index (χ1v) is 9.87. The summed E-state index contributed by atoms with van der Waals surface area (Å²) in [4.78, 5) is 15.5. The fraction of sp³-hybridized carbons (Fsp3) is 0.435. The van der Waals surface area contributed by atoms with E-state index in [0.717, 1.165) is 23.4 Å². The van der Waals surface area contributed by atoms with Gasteiger partial charge in [0.1, 0.15) is 11.8 Å². The Bertz CT molecular complexity index is 951. The lowest BCUT2D eigenvalue weighted by molar-refractivity contribution is -0.122. The molecule has 5 rings (SSSR count). The fourth-order valence-corrected chi connectivity index (χ4v) is 5.52. The molecule has 2 bridgehead atoms. The Hall–Kier alpha value is -2.49. The second kappa shape index (κ2) is 5.28. The second-order valence-corrected chi connectivity index (χ2v) is 8.59. The number of amides is 1. The summed E-state index contributed by atoms with van der Waals surface area (Å²) >= 11 is 0. The van der Waals surface area contributed by atoms with Gasteiger partial charge in [0.15, 0.2) is 5.72 Å². The predicted molar refractivity (Wildman–Crippen MR) is 106 cm³/mol. The smallest absolute Gasteiger partial charge is 0.243 e. The minimum Gasteiger partial charge on any atom is -0.467 e. The van der Waals surface area contributed by atoms with Gasteiger partial charge in [-0.25, -0.2) is 0 Å². The Morgan fingerprint density at radius 2 is 2.04 bits per heavy atom. The Morgan fingerprint density at radius 1 is 1.26 bits per heavy atom. The molecule has 4 nitrogen and oxygen atoms in total. The maximum Gasteiger partial charge on any atom is 0.243 e. The Balaban J connectivity index is 1.77. The number of para-hydroxylation sites is 1. The molecule has 140 valence electrons. The van der Waals surface area contributed by atoms with Crippen LogP contribution in [0, 0.1) is 6.92 Å². The van der Waals surface area contributed by atoms with E-state index < -0.39 is 5.72 Å². The van der Waals surface area contributed by atoms with E-state index in [1.165, 1.54) is 11.1 Å². The van der Waals surface area contributed by atoms with Gasteiger partial charge >= 0.3 is 0 Å². The number of carbonyl (C=O) groups is 1. The number of benzene rings is 2. The van der Waals surface area contributed by atoms with Crippen LogP contribution in [0.25, 0.3) is 0 Å². The van der Waals surface area contributed by atoms with Crippen LogP contribution in [-0.2, 0) is 10.2 Å². The van der Waals surface area contributed by atoms with E-state index in [4.69, 9.17) is 4.74 Å². The Kier molecular flexibility index (Phi) is 3.26. The number of ether oxygens (including phenoxy) is 1. The topological polar surface area (TPSA) is 41.6 Å². The van der Waals surface area contributed by atoms with Crippen LogP contribution in [0.1, 0.15) is 49.8 Å². The number of nitrogens with zero attached hydrogens (tertiary/aromatic N) is 1. The Morgan fingerprint density at radius 3 is 2.81 bits per heavy atom. The van der Waals surface area contributed by atoms with E-state index >= 15 is 0 Å². The number of rotatable bonds is 2. The molecule has 3 aliphatic heterocycles. The van der Waals surface area contributed by atoms with Crippen molar-refractivity contribution < 1.29 is 9.53 Å². The quantitative estimate of drug-likeness (QED) is 0.882. The van der Waals surface area contributed by atoms with E-state index in [2.05, 4.69) is 55.3 Å². The zero-order valence-electron chi connectivity index (χ0n) is 16.4. The first-order chi connectivity index (χ1) is 12.9. The zero-order chi connectivity index (χ0) is 19.0. The molecule has 2 aromatic rings. The minimum absolute atomic E-state index is 0.0916. The van der Waals surface area contributed by atoms with Gasteiger partial charge in [-0.2, -0.15) is 0 Å². The zero-order valence-corrected chi connectivity index (χ0v) is 16.4. The summed E-state index contributed by atoms with van der Waals surface area (Å²) in [6.07, 6.45) is 0.826. The van der Waals surface area contributed by atoms with Crippen molar-refractivity contribution in [1.82, 2.24) is 5.32 Å². The minimum atomic E-state index is -0.530. The molecular weight excluding hydrogens is 336 g/mol. The van der Waals surface area contributed by atoms with Gasteiger partial charge in [-0.15, -0.1) is 0 Å². The first kappa shape index (κ1) is 16.7. The van der Waals surface area contributed by atoms with Crippen molar-refractivity contribution in [2.45, 2.75) is 57.2 Å². The van der Waals surface area contributed by atoms with Crippen molar-refractivity contribution in [3.05, 3.63) is 59.2 Å². The molecule has 3 heterocycles. The van der Waals surface area contributed by atoms with Crippen LogP contribution in [0.3, 0.4) is 0 Å². The van der Waals surface area contributed by atoms with Gasteiger partial charge in [0.2, 0.25) is 5.91 Å². The summed E-state index contributed by atoms with van der Waals surface area (Å²) in [5.74, 6) is 1.15. The second-order valence-electron chi connectivity index (χ2n) is 8.59. The monoisotopic (exact) mass is 362 g/mol. The molecule has 1 spiro atoms. The third kappa shape index (κ3) is 1.91. The molecule has 0 unspecified atom stereocenters. The number of carbonyl (C=O) groups excluding carboxylic acids is 1. The van der Waals surface area contributed by atoms with Crippen molar-refractivity contribution >= 4 is 11.6 Å². The van der Waals surface area contributed by atoms with Crippen molar-refractivity contribution in [1.29, 1.82) is 0 Å². The fourth-order valence-electron chi connectivity index (χ4n) is 5.52. The first-order valence-electron chi connectivity index (χ1n) is 9.87. The summed E-state index contributed by atoms with van der Waals surface area (Å²) < 4.78 is 6.78. The SMILES string of the molecule is CCNC(=O)[C@@H]1[C@H]2C[C@]3(Oc4ccccc42)N1c1ccc(C)cc1C3(C)C. The van der Waals surface area contributed by atoms with Crippen molar-refractivity contribution in [2.75, 3.05) is 11.4 Å². The molecule has 1 saturated heterocycles. The molecule has 3 aliphatic rings. The highest BCUT2D eigenvalue weighted by atomic mass is 16.5. The highest BCUT2D eigenvalue weighted by molar-refractivity contribution is 5.90. The number of fused-ring (bicyclic) bond motifs is 5. The largest absolute Gasteiger partial charge is 0.467 e. The summed E-state index contributed by atoms with van der Waals surface area (Å²) in [5.41, 5.74) is 4.05. The lowest BCUT2D eigenvalue weighted by Crippen LogP contribution is -2.59. The lowest BCUT2D eigenvalue weighted by atomic mass is 9.72. The van der Waals surface area contributed by atoms with Crippen LogP contribution in [0.15, 0.2) is 42.5 Å². The van der Waals surface area contributed by atoms with Gasteiger partial charge in [0.05, 0.1) is 5.41 Å². The average molecular weight is 362 g/mol. The molecule has 2 aromatic carbocycles. The molecule has 3 atom stereocenters. The number of anilines is 1. The van der Waals surface area contributed by atoms with Gasteiger partial charge in [-0.05, 0) is 45.4 Å². The maximum atomic E-state index is 13.2. The molecular formula is C23H26N2O2. The number of aryl methyl sites for hydroxylation is 1. The van der Waals surface area contributed by atoms with E-state index in [9.17, 15) is 4.79 Å². The van der Waals surface area contributed by atoms with Gasteiger partial charge in [-0.3, -0.25) is 4.79 Å². The van der Waals surface area contributed by atoms with Crippen molar-refractivity contribution in [2.24, 2.45) is 0 Å². The summed E-state index contributed by atoms with van der Waals surface area (Å²) in [5, 5.41) is 3.07. The normalized spacial score (nSPS) is 28.8. The number of nitrogens with one attached hydrogen (secondary N) is 1. The van der Waals surface area contributed by atoms with Gasteiger partial charge < -0.3 is 15.0 Å². The van der Waals surface area contributed by atoms with Crippen molar-refractivity contribution in [3.8, 4) is 5.75 Å². The van der Waals surface area contributed by atoms with Crippen LogP contribution in [0.2, 0.25) is 0 Å². The molecule has 0 radical (unpaired) electrons. The molecule has 27 heavy (non-hydrogen) atoms. The van der Waals surface area contributed by atoms with E-state index in [1.54, 1.807) is 0 Å². The third-order valence-corrected chi connectivity index (χ3v) is 6.82. The van der Waals surface area contributed by atoms with E-state index in [1.807, 2.05) is 25.1 Å². The summed E-state index contributed by atoms with van der Waals surface area (Å²) in [6, 6.07) is 14.5. The Labute approximate surface area is 160 Å². The van der Waals surface area contributed by atoms with Crippen LogP contribution >= 0.6 is 0 Å². The van der Waals surface area contributed by atoms with Crippen molar-refractivity contribution in [3.63, 3.8) is 0 Å². The van der Waals surface area contributed by atoms with E-state index in [-0.39, 0.29) is 23.3 Å². The van der Waals surface area contributed by atoms with Gasteiger partial charge in [-0.1, -0.05) is 35.9 Å². The molecule has 0 saturated carbocycles. The van der Waals surface area contributed by atoms with E-state index in [0.29, 0.717) is 6.54 Å². The molecule has 0 aliphatic carbocycles. The molecule has 1 fully saturated rings. The molecule has 0 aromatic heterocycles. The standard InChI is InChI=1S/C23H26N2O2/c1-5-24-21(26)20-16-13-23(27-19-9-7-6-8-15(16)19)22(3,4)17-12-14(2)10-11-18(17)25(20)23/h6-12,16,20H,5,13H2,1-4H3,(H,24,26)/t16-,20-,23+/m0/s1. The highest BCUT2D eigenvalue weighted by Gasteiger charge is 2.70. The number of hydrogen-bond donors (Lipinski definition) is 1. The van der Waals surface area contributed by atoms with Gasteiger partial charge in [0.25, 0.3) is 0 Å².